The van der Waals surface area contributed by atoms with Crippen molar-refractivity contribution in [1.82, 2.24) is 15.1 Å². The molecule has 7 nitrogen and oxygen atoms in total. The molecule has 1 aromatic heterocycles. The zero-order valence-electron chi connectivity index (χ0n) is 16.5. The summed E-state index contributed by atoms with van der Waals surface area (Å²) in [7, 11) is -1.91. The van der Waals surface area contributed by atoms with Crippen molar-refractivity contribution in [2.45, 2.75) is 17.4 Å². The van der Waals surface area contributed by atoms with Crippen molar-refractivity contribution in [3.63, 3.8) is 0 Å². The van der Waals surface area contributed by atoms with E-state index in [2.05, 4.69) is 17.0 Å². The lowest BCUT2D eigenvalue weighted by Gasteiger charge is -2.35. The number of carbonyl (C=O) groups excluding carboxylic acids is 1. The van der Waals surface area contributed by atoms with E-state index in [1.54, 1.807) is 47.3 Å². The number of nitrogens with zero attached hydrogens (tertiary/aromatic N) is 3. The zero-order chi connectivity index (χ0) is 21.3. The Labute approximate surface area is 175 Å². The molecule has 3 aromatic rings. The third-order valence-electron chi connectivity index (χ3n) is 5.26. The lowest BCUT2D eigenvalue weighted by molar-refractivity contribution is -0.117. The molecule has 0 fully saturated rings. The molecule has 1 aliphatic rings. The Morgan fingerprint density at radius 3 is 2.57 bits per heavy atom. The molecule has 8 heteroatoms. The van der Waals surface area contributed by atoms with E-state index >= 15 is 0 Å². The van der Waals surface area contributed by atoms with Crippen LogP contribution in [0, 0.1) is 0 Å². The van der Waals surface area contributed by atoms with Gasteiger partial charge in [0.2, 0.25) is 5.91 Å². The van der Waals surface area contributed by atoms with Crippen LogP contribution in [-0.2, 0) is 21.9 Å². The largest absolute Gasteiger partial charge is 0.346 e. The quantitative estimate of drug-likeness (QED) is 0.641. The van der Waals surface area contributed by atoms with Gasteiger partial charge in [0, 0.05) is 19.8 Å². The number of aryl methyl sites for hydroxylation is 1. The first kappa shape index (κ1) is 19.9. The average molecular weight is 423 g/mol. The summed E-state index contributed by atoms with van der Waals surface area (Å²) in [4.78, 5) is 12.0. The summed E-state index contributed by atoms with van der Waals surface area (Å²) in [5.74, 6) is -0.281. The molecule has 4 rings (SSSR count). The van der Waals surface area contributed by atoms with E-state index < -0.39 is 10.0 Å². The van der Waals surface area contributed by atoms with Crippen LogP contribution in [0.15, 0.2) is 78.3 Å². The molecule has 2 aromatic carbocycles. The zero-order valence-corrected chi connectivity index (χ0v) is 17.3. The fourth-order valence-electron chi connectivity index (χ4n) is 3.74. The third kappa shape index (κ3) is 3.50. The van der Waals surface area contributed by atoms with E-state index in [1.165, 1.54) is 10.4 Å². The fraction of sp³-hybridized carbons (Fsp3) is 0.182. The van der Waals surface area contributed by atoms with Gasteiger partial charge in [-0.25, -0.2) is 8.42 Å². The summed E-state index contributed by atoms with van der Waals surface area (Å²) >= 11 is 0. The molecule has 2 heterocycles. The number of para-hydroxylation sites is 1. The van der Waals surface area contributed by atoms with Crippen molar-refractivity contribution < 1.29 is 13.2 Å². The molecule has 0 saturated heterocycles. The fourth-order valence-corrected chi connectivity index (χ4v) is 5.25. The molecule has 0 spiro atoms. The first-order chi connectivity index (χ1) is 14.4. The Bertz CT molecular complexity index is 1200. The van der Waals surface area contributed by atoms with Crippen molar-refractivity contribution in [2.75, 3.05) is 10.8 Å². The summed E-state index contributed by atoms with van der Waals surface area (Å²) in [5.41, 5.74) is 3.14. The number of hydrogen-bond acceptors (Lipinski definition) is 4. The highest BCUT2D eigenvalue weighted by Crippen LogP contribution is 2.37. The van der Waals surface area contributed by atoms with Gasteiger partial charge in [-0.1, -0.05) is 36.9 Å². The maximum absolute atomic E-state index is 13.4. The van der Waals surface area contributed by atoms with Gasteiger partial charge in [0.25, 0.3) is 10.0 Å². The summed E-state index contributed by atoms with van der Waals surface area (Å²) in [6.45, 7) is 3.75. The smallest absolute Gasteiger partial charge is 0.264 e. The third-order valence-corrected chi connectivity index (χ3v) is 7.09. The van der Waals surface area contributed by atoms with E-state index in [-0.39, 0.29) is 23.4 Å². The van der Waals surface area contributed by atoms with Gasteiger partial charge in [0.1, 0.15) is 0 Å². The second-order valence-corrected chi connectivity index (χ2v) is 8.92. The molecule has 1 aliphatic heterocycles. The van der Waals surface area contributed by atoms with Crippen molar-refractivity contribution >= 4 is 21.6 Å². The minimum Gasteiger partial charge on any atom is -0.346 e. The monoisotopic (exact) mass is 422 g/mol. The van der Waals surface area contributed by atoms with E-state index in [0.29, 0.717) is 12.1 Å². The van der Waals surface area contributed by atoms with Gasteiger partial charge in [-0.2, -0.15) is 5.10 Å². The molecular formula is C22H22N4O3S. The highest BCUT2D eigenvalue weighted by atomic mass is 32.2. The summed E-state index contributed by atoms with van der Waals surface area (Å²) in [6.07, 6.45) is 3.39. The molecule has 30 heavy (non-hydrogen) atoms. The van der Waals surface area contributed by atoms with Crippen molar-refractivity contribution in [2.24, 2.45) is 7.05 Å². The van der Waals surface area contributed by atoms with Crippen LogP contribution >= 0.6 is 0 Å². The minimum absolute atomic E-state index is 0.219. The maximum atomic E-state index is 13.4. The average Bonchev–Trinajstić information content (AvgIpc) is 3.19. The Kier molecular flexibility index (Phi) is 5.17. The minimum atomic E-state index is -3.75. The van der Waals surface area contributed by atoms with Crippen molar-refractivity contribution in [3.8, 4) is 11.3 Å². The number of fused-ring (bicyclic) bond motifs is 1. The van der Waals surface area contributed by atoms with Gasteiger partial charge in [0.05, 0.1) is 22.3 Å². The van der Waals surface area contributed by atoms with Crippen LogP contribution in [0.3, 0.4) is 0 Å². The lowest BCUT2D eigenvalue weighted by Crippen LogP contribution is -2.40. The molecule has 0 saturated carbocycles. The van der Waals surface area contributed by atoms with Crippen LogP contribution in [0.4, 0.5) is 5.69 Å². The SMILES string of the molecule is C=CC(=O)NC1CCN(S(=O)(=O)c2ccc(-c3ccnn3C)cc2)c2ccccc21. The van der Waals surface area contributed by atoms with E-state index in [4.69, 9.17) is 0 Å². The molecule has 0 bridgehead atoms. The van der Waals surface area contributed by atoms with Crippen LogP contribution in [0.5, 0.6) is 0 Å². The van der Waals surface area contributed by atoms with Gasteiger partial charge in [-0.3, -0.25) is 13.8 Å². The van der Waals surface area contributed by atoms with Crippen molar-refractivity contribution in [3.05, 3.63) is 79.0 Å². The van der Waals surface area contributed by atoms with Crippen LogP contribution < -0.4 is 9.62 Å². The van der Waals surface area contributed by atoms with E-state index in [9.17, 15) is 13.2 Å². The second kappa shape index (κ2) is 7.79. The Morgan fingerprint density at radius 2 is 1.90 bits per heavy atom. The molecule has 1 atom stereocenters. The lowest BCUT2D eigenvalue weighted by atomic mass is 9.98. The number of rotatable bonds is 5. The highest BCUT2D eigenvalue weighted by Gasteiger charge is 2.33. The van der Waals surface area contributed by atoms with Gasteiger partial charge in [-0.15, -0.1) is 0 Å². The highest BCUT2D eigenvalue weighted by molar-refractivity contribution is 7.92. The van der Waals surface area contributed by atoms with Crippen molar-refractivity contribution in [1.29, 1.82) is 0 Å². The number of nitrogens with one attached hydrogen (secondary N) is 1. The predicted molar refractivity (Wildman–Crippen MR) is 115 cm³/mol. The molecular weight excluding hydrogens is 400 g/mol. The Morgan fingerprint density at radius 1 is 1.17 bits per heavy atom. The molecule has 154 valence electrons. The number of amides is 1. The molecule has 1 N–H and O–H groups in total. The number of benzene rings is 2. The number of hydrogen-bond donors (Lipinski definition) is 1. The molecule has 1 unspecified atom stereocenters. The second-order valence-electron chi connectivity index (χ2n) is 7.05. The number of anilines is 1. The van der Waals surface area contributed by atoms with Gasteiger partial charge >= 0.3 is 0 Å². The number of sulfonamides is 1. The van der Waals surface area contributed by atoms with Gasteiger partial charge in [-0.05, 0) is 47.9 Å². The summed E-state index contributed by atoms with van der Waals surface area (Å²) in [5, 5.41) is 7.03. The van der Waals surface area contributed by atoms with Crippen LogP contribution in [0.1, 0.15) is 18.0 Å². The maximum Gasteiger partial charge on any atom is 0.264 e. The van der Waals surface area contributed by atoms with Crippen LogP contribution in [0.2, 0.25) is 0 Å². The standard InChI is InChI=1S/C22H22N4O3S/c1-3-22(27)24-19-13-15-26(21-7-5-4-6-18(19)21)30(28,29)17-10-8-16(9-11-17)20-12-14-23-25(20)2/h3-12,14,19H,1,13,15H2,2H3,(H,24,27). The predicted octanol–water partition coefficient (Wildman–Crippen LogP) is 3.03. The Balaban J connectivity index is 1.67. The van der Waals surface area contributed by atoms with E-state index in [0.717, 1.165) is 16.8 Å². The van der Waals surface area contributed by atoms with Crippen LogP contribution in [0.25, 0.3) is 11.3 Å². The topological polar surface area (TPSA) is 84.3 Å². The van der Waals surface area contributed by atoms with E-state index in [1.807, 2.05) is 25.2 Å². The molecule has 0 aliphatic carbocycles. The summed E-state index contributed by atoms with van der Waals surface area (Å²) < 4.78 is 30.0. The summed E-state index contributed by atoms with van der Waals surface area (Å²) in [6, 6.07) is 15.7. The number of carbonyl (C=O) groups is 1. The Hall–Kier alpha value is -3.39. The number of aromatic nitrogens is 2. The van der Waals surface area contributed by atoms with Crippen LogP contribution in [-0.4, -0.2) is 30.7 Å². The first-order valence-corrected chi connectivity index (χ1v) is 11.0. The first-order valence-electron chi connectivity index (χ1n) is 9.55. The normalized spacial score (nSPS) is 16.0. The van der Waals surface area contributed by atoms with Gasteiger partial charge in [0.15, 0.2) is 0 Å². The molecule has 0 radical (unpaired) electrons. The molecule has 1 amide bonds. The van der Waals surface area contributed by atoms with Gasteiger partial charge < -0.3 is 5.32 Å².